The Kier molecular flexibility index (Phi) is 3.67. The van der Waals surface area contributed by atoms with E-state index in [0.717, 1.165) is 28.6 Å². The van der Waals surface area contributed by atoms with Crippen molar-refractivity contribution in [3.8, 4) is 0 Å². The second kappa shape index (κ2) is 5.47. The van der Waals surface area contributed by atoms with E-state index in [-0.39, 0.29) is 0 Å². The largest absolute Gasteiger partial charge is 0.346 e. The van der Waals surface area contributed by atoms with Crippen LogP contribution in [0.4, 0.5) is 5.69 Å². The van der Waals surface area contributed by atoms with Crippen LogP contribution < -0.4 is 5.32 Å². The summed E-state index contributed by atoms with van der Waals surface area (Å²) in [6.07, 6.45) is 8.48. The van der Waals surface area contributed by atoms with Gasteiger partial charge in [-0.3, -0.25) is 0 Å². The fourth-order valence-electron chi connectivity index (χ4n) is 5.72. The number of thiocarbonyl (C=S) groups is 1. The number of rotatable bonds is 2. The quantitative estimate of drug-likeness (QED) is 0.777. The van der Waals surface area contributed by atoms with Gasteiger partial charge in [-0.15, -0.1) is 0 Å². The number of benzene rings is 1. The van der Waals surface area contributed by atoms with Gasteiger partial charge in [0.05, 0.1) is 0 Å². The number of nitrogens with zero attached hydrogens (tertiary/aromatic N) is 1. The summed E-state index contributed by atoms with van der Waals surface area (Å²) in [5.74, 6) is 2.86. The van der Waals surface area contributed by atoms with Crippen LogP contribution in [0.15, 0.2) is 18.2 Å². The molecule has 4 aliphatic rings. The molecule has 0 spiro atoms. The minimum Gasteiger partial charge on any atom is -0.346 e. The molecule has 1 aromatic carbocycles. The summed E-state index contributed by atoms with van der Waals surface area (Å²) < 4.78 is 0. The number of anilines is 1. The van der Waals surface area contributed by atoms with Crippen molar-refractivity contribution < 1.29 is 0 Å². The molecule has 1 N–H and O–H groups in total. The molecule has 0 amide bonds. The molecule has 0 atom stereocenters. The Bertz CT molecular complexity index is 601. The van der Waals surface area contributed by atoms with Gasteiger partial charge in [0.1, 0.15) is 0 Å². The lowest BCUT2D eigenvalue weighted by Crippen LogP contribution is -2.60. The van der Waals surface area contributed by atoms with E-state index < -0.39 is 0 Å². The highest BCUT2D eigenvalue weighted by Gasteiger charge is 2.53. The molecule has 4 fully saturated rings. The summed E-state index contributed by atoms with van der Waals surface area (Å²) in [4.78, 5) is 2.42. The molecule has 124 valence electrons. The minimum absolute atomic E-state index is 0.332. The molecule has 0 radical (unpaired) electrons. The molecule has 1 aromatic rings. The Hall–Kier alpha value is -1.09. The standard InChI is InChI=1S/C20H28N2S/c1-13-4-5-18(6-14(13)2)21-19(23)22(3)20-10-15-7-16(11-20)9-17(8-15)12-20/h4-6,15-17H,7-12H2,1-3H3,(H,21,23). The van der Waals surface area contributed by atoms with Gasteiger partial charge in [0, 0.05) is 18.3 Å². The first-order chi connectivity index (χ1) is 10.9. The van der Waals surface area contributed by atoms with E-state index in [1.54, 1.807) is 0 Å². The number of nitrogens with one attached hydrogen (secondary N) is 1. The Morgan fingerprint density at radius 2 is 1.61 bits per heavy atom. The zero-order valence-corrected chi connectivity index (χ0v) is 15.4. The maximum atomic E-state index is 5.78. The summed E-state index contributed by atoms with van der Waals surface area (Å²) in [5.41, 5.74) is 4.10. The van der Waals surface area contributed by atoms with Gasteiger partial charge >= 0.3 is 0 Å². The highest BCUT2D eigenvalue weighted by Crippen LogP contribution is 2.57. The van der Waals surface area contributed by atoms with Crippen LogP contribution in [0.1, 0.15) is 49.7 Å². The molecule has 4 bridgehead atoms. The maximum absolute atomic E-state index is 5.78. The Morgan fingerprint density at radius 3 is 2.13 bits per heavy atom. The predicted octanol–water partition coefficient (Wildman–Crippen LogP) is 4.90. The molecule has 4 saturated carbocycles. The van der Waals surface area contributed by atoms with Gasteiger partial charge in [-0.05, 0) is 106 Å². The van der Waals surface area contributed by atoms with Crippen molar-refractivity contribution in [3.05, 3.63) is 29.3 Å². The van der Waals surface area contributed by atoms with E-state index in [0.29, 0.717) is 5.54 Å². The van der Waals surface area contributed by atoms with E-state index in [1.807, 2.05) is 0 Å². The van der Waals surface area contributed by atoms with Crippen molar-refractivity contribution in [1.29, 1.82) is 0 Å². The van der Waals surface area contributed by atoms with Crippen LogP contribution in [0.2, 0.25) is 0 Å². The molecule has 0 aliphatic heterocycles. The van der Waals surface area contributed by atoms with Crippen LogP contribution >= 0.6 is 12.2 Å². The lowest BCUT2D eigenvalue weighted by molar-refractivity contribution is -0.0538. The Morgan fingerprint density at radius 1 is 1.04 bits per heavy atom. The van der Waals surface area contributed by atoms with E-state index >= 15 is 0 Å². The van der Waals surface area contributed by atoms with Crippen molar-refractivity contribution in [2.75, 3.05) is 12.4 Å². The number of aryl methyl sites for hydroxylation is 2. The fraction of sp³-hybridized carbons (Fsp3) is 0.650. The van der Waals surface area contributed by atoms with Crippen LogP contribution in [0.5, 0.6) is 0 Å². The third-order valence-corrected chi connectivity index (χ3v) is 7.16. The van der Waals surface area contributed by atoms with Gasteiger partial charge < -0.3 is 10.2 Å². The van der Waals surface area contributed by atoms with Gasteiger partial charge in [-0.1, -0.05) is 6.07 Å². The van der Waals surface area contributed by atoms with Crippen LogP contribution in [0, 0.1) is 31.6 Å². The van der Waals surface area contributed by atoms with Gasteiger partial charge in [0.25, 0.3) is 0 Å². The van der Waals surface area contributed by atoms with Gasteiger partial charge in [-0.2, -0.15) is 0 Å². The molecular weight excluding hydrogens is 300 g/mol. The van der Waals surface area contributed by atoms with E-state index in [9.17, 15) is 0 Å². The molecule has 0 saturated heterocycles. The summed E-state index contributed by atoms with van der Waals surface area (Å²) in [6.45, 7) is 4.31. The molecule has 3 heteroatoms. The smallest absolute Gasteiger partial charge is 0.173 e. The SMILES string of the molecule is Cc1ccc(NC(=S)N(C)C23CC4CC(CC(C4)C2)C3)cc1C. The minimum atomic E-state index is 0.332. The molecule has 4 aliphatic carbocycles. The summed E-state index contributed by atoms with van der Waals surface area (Å²) >= 11 is 5.78. The second-order valence-corrected chi connectivity index (χ2v) is 8.82. The monoisotopic (exact) mass is 328 g/mol. The lowest BCUT2D eigenvalue weighted by Gasteiger charge is -2.60. The molecule has 0 aromatic heterocycles. The van der Waals surface area contributed by atoms with Gasteiger partial charge in [0.2, 0.25) is 0 Å². The third kappa shape index (κ3) is 2.67. The Balaban J connectivity index is 1.51. The van der Waals surface area contributed by atoms with E-state index in [1.165, 1.54) is 49.7 Å². The molecule has 0 heterocycles. The molecule has 5 rings (SSSR count). The van der Waals surface area contributed by atoms with Crippen molar-refractivity contribution in [2.24, 2.45) is 17.8 Å². The number of hydrogen-bond donors (Lipinski definition) is 1. The van der Waals surface area contributed by atoms with Crippen molar-refractivity contribution >= 4 is 23.0 Å². The van der Waals surface area contributed by atoms with Gasteiger partial charge in [0.15, 0.2) is 5.11 Å². The number of hydrogen-bond acceptors (Lipinski definition) is 1. The average Bonchev–Trinajstić information content (AvgIpc) is 2.49. The van der Waals surface area contributed by atoms with Crippen molar-refractivity contribution in [3.63, 3.8) is 0 Å². The second-order valence-electron chi connectivity index (χ2n) is 8.43. The van der Waals surface area contributed by atoms with Crippen LogP contribution in [-0.4, -0.2) is 22.6 Å². The first-order valence-corrected chi connectivity index (χ1v) is 9.48. The van der Waals surface area contributed by atoms with Crippen LogP contribution in [0.25, 0.3) is 0 Å². The van der Waals surface area contributed by atoms with Crippen LogP contribution in [-0.2, 0) is 0 Å². The summed E-state index contributed by atoms with van der Waals surface area (Å²) in [5, 5.41) is 4.39. The van der Waals surface area contributed by atoms with E-state index in [2.05, 4.69) is 49.3 Å². The van der Waals surface area contributed by atoms with Crippen molar-refractivity contribution in [2.45, 2.75) is 57.9 Å². The molecule has 23 heavy (non-hydrogen) atoms. The first kappa shape index (κ1) is 15.4. The third-order valence-electron chi connectivity index (χ3n) is 6.78. The highest BCUT2D eigenvalue weighted by atomic mass is 32.1. The molecular formula is C20H28N2S. The molecule has 2 nitrogen and oxygen atoms in total. The van der Waals surface area contributed by atoms with Crippen molar-refractivity contribution in [1.82, 2.24) is 4.90 Å². The summed E-state index contributed by atoms with van der Waals surface area (Å²) in [7, 11) is 2.23. The topological polar surface area (TPSA) is 15.3 Å². The Labute approximate surface area is 145 Å². The highest BCUT2D eigenvalue weighted by molar-refractivity contribution is 7.80. The maximum Gasteiger partial charge on any atom is 0.173 e. The zero-order valence-electron chi connectivity index (χ0n) is 14.6. The first-order valence-electron chi connectivity index (χ1n) is 9.07. The normalized spacial score (nSPS) is 34.5. The van der Waals surface area contributed by atoms with Crippen LogP contribution in [0.3, 0.4) is 0 Å². The predicted molar refractivity (Wildman–Crippen MR) is 101 cm³/mol. The fourth-order valence-corrected chi connectivity index (χ4v) is 6.03. The molecule has 0 unspecified atom stereocenters. The van der Waals surface area contributed by atoms with Gasteiger partial charge in [-0.25, -0.2) is 0 Å². The van der Waals surface area contributed by atoms with E-state index in [4.69, 9.17) is 12.2 Å². The lowest BCUT2D eigenvalue weighted by atomic mass is 9.52. The zero-order chi connectivity index (χ0) is 16.2. The average molecular weight is 329 g/mol. The summed E-state index contributed by atoms with van der Waals surface area (Å²) in [6, 6.07) is 6.52.